The van der Waals surface area contributed by atoms with Gasteiger partial charge in [-0.25, -0.2) is 4.79 Å². The van der Waals surface area contributed by atoms with E-state index in [0.29, 0.717) is 11.7 Å². The van der Waals surface area contributed by atoms with Crippen LogP contribution in [0.3, 0.4) is 0 Å². The van der Waals surface area contributed by atoms with E-state index in [0.717, 1.165) is 0 Å². The first kappa shape index (κ1) is 11.4. The van der Waals surface area contributed by atoms with E-state index in [1.54, 1.807) is 6.92 Å². The number of carbonyl (C=O) groups excluding carboxylic acids is 1. The van der Waals surface area contributed by atoms with E-state index >= 15 is 0 Å². The van der Waals surface area contributed by atoms with Crippen LogP contribution >= 0.6 is 0 Å². The highest BCUT2D eigenvalue weighted by molar-refractivity contribution is 5.79. The van der Waals surface area contributed by atoms with Crippen LogP contribution in [0.5, 0.6) is 0 Å². The highest BCUT2D eigenvalue weighted by Crippen LogP contribution is 2.15. The molecule has 8 nitrogen and oxygen atoms in total. The first-order valence-electron chi connectivity index (χ1n) is 5.11. The minimum absolute atomic E-state index is 0.147. The van der Waals surface area contributed by atoms with Gasteiger partial charge in [-0.2, -0.15) is 4.98 Å². The van der Waals surface area contributed by atoms with Crippen molar-refractivity contribution >= 4 is 12.0 Å². The second-order valence-corrected chi connectivity index (χ2v) is 3.83. The van der Waals surface area contributed by atoms with Crippen LogP contribution in [-0.4, -0.2) is 45.2 Å². The van der Waals surface area contributed by atoms with Crippen molar-refractivity contribution in [1.82, 2.24) is 20.4 Å². The van der Waals surface area contributed by atoms with Crippen molar-refractivity contribution in [3.63, 3.8) is 0 Å². The molecule has 2 rings (SSSR count). The molecule has 1 fully saturated rings. The molecule has 0 aliphatic carbocycles. The van der Waals surface area contributed by atoms with Crippen LogP contribution in [0.15, 0.2) is 4.52 Å². The second-order valence-electron chi connectivity index (χ2n) is 3.83. The zero-order valence-electron chi connectivity index (χ0n) is 9.21. The van der Waals surface area contributed by atoms with Gasteiger partial charge in [-0.15, -0.1) is 0 Å². The number of carbonyl (C=O) groups is 2. The lowest BCUT2D eigenvalue weighted by Gasteiger charge is -2.36. The zero-order chi connectivity index (χ0) is 12.4. The van der Waals surface area contributed by atoms with E-state index in [1.165, 1.54) is 4.90 Å². The average Bonchev–Trinajstić information content (AvgIpc) is 2.58. The normalized spacial score (nSPS) is 15.5. The molecule has 8 heteroatoms. The smallest absolute Gasteiger partial charge is 0.317 e. The summed E-state index contributed by atoms with van der Waals surface area (Å²) in [5.74, 6) is -0.497. The van der Waals surface area contributed by atoms with E-state index < -0.39 is 11.9 Å². The van der Waals surface area contributed by atoms with Gasteiger partial charge in [-0.05, 0) is 6.92 Å². The molecule has 92 valence electrons. The van der Waals surface area contributed by atoms with Crippen molar-refractivity contribution in [2.75, 3.05) is 13.1 Å². The van der Waals surface area contributed by atoms with Gasteiger partial charge in [0.15, 0.2) is 5.82 Å². The van der Waals surface area contributed by atoms with Crippen LogP contribution in [0.1, 0.15) is 11.7 Å². The van der Waals surface area contributed by atoms with Gasteiger partial charge in [-0.3, -0.25) is 4.79 Å². The standard InChI is InChI=1S/C9H12N4O4/c1-5-11-7(17-12-5)2-10-9(16)13-3-6(4-13)8(14)15/h6H,2-4H2,1H3,(H,10,16)(H,14,15). The fourth-order valence-corrected chi connectivity index (χ4v) is 1.48. The molecule has 1 aromatic heterocycles. The summed E-state index contributed by atoms with van der Waals surface area (Å²) in [5, 5.41) is 14.8. The number of rotatable bonds is 3. The number of nitrogens with one attached hydrogen (secondary N) is 1. The van der Waals surface area contributed by atoms with Crippen LogP contribution in [-0.2, 0) is 11.3 Å². The van der Waals surface area contributed by atoms with Crippen molar-refractivity contribution in [1.29, 1.82) is 0 Å². The average molecular weight is 240 g/mol. The predicted molar refractivity (Wildman–Crippen MR) is 54.0 cm³/mol. The van der Waals surface area contributed by atoms with Gasteiger partial charge in [0.25, 0.3) is 0 Å². The highest BCUT2D eigenvalue weighted by Gasteiger charge is 2.35. The molecule has 2 heterocycles. The first-order valence-corrected chi connectivity index (χ1v) is 5.11. The molecule has 0 atom stereocenters. The Labute approximate surface area is 96.6 Å². The number of urea groups is 1. The SMILES string of the molecule is Cc1noc(CNC(=O)N2CC(C(=O)O)C2)n1. The van der Waals surface area contributed by atoms with Crippen LogP contribution in [0.25, 0.3) is 0 Å². The number of carboxylic acids is 1. The molecule has 0 radical (unpaired) electrons. The number of aromatic nitrogens is 2. The predicted octanol–water partition coefficient (Wildman–Crippen LogP) is -0.396. The minimum Gasteiger partial charge on any atom is -0.481 e. The Bertz CT molecular complexity index is 438. The molecule has 1 aromatic rings. The summed E-state index contributed by atoms with van der Waals surface area (Å²) in [5.41, 5.74) is 0. The third-order valence-electron chi connectivity index (χ3n) is 2.48. The van der Waals surface area contributed by atoms with Crippen molar-refractivity contribution in [2.45, 2.75) is 13.5 Å². The molecule has 2 amide bonds. The van der Waals surface area contributed by atoms with Gasteiger partial charge in [-0.1, -0.05) is 5.16 Å². The van der Waals surface area contributed by atoms with Crippen LogP contribution in [0.4, 0.5) is 4.79 Å². The van der Waals surface area contributed by atoms with E-state index in [1.807, 2.05) is 0 Å². The molecule has 2 N–H and O–H groups in total. The van der Waals surface area contributed by atoms with Crippen LogP contribution < -0.4 is 5.32 Å². The maximum atomic E-state index is 11.5. The summed E-state index contributed by atoms with van der Waals surface area (Å²) in [6, 6.07) is -0.321. The molecule has 0 spiro atoms. The highest BCUT2D eigenvalue weighted by atomic mass is 16.5. The third kappa shape index (κ3) is 2.52. The number of hydrogen-bond donors (Lipinski definition) is 2. The number of hydrogen-bond acceptors (Lipinski definition) is 5. The Morgan fingerprint density at radius 3 is 2.82 bits per heavy atom. The Morgan fingerprint density at radius 2 is 2.29 bits per heavy atom. The zero-order valence-corrected chi connectivity index (χ0v) is 9.21. The summed E-state index contributed by atoms with van der Waals surface area (Å²) in [7, 11) is 0. The third-order valence-corrected chi connectivity index (χ3v) is 2.48. The molecule has 1 aliphatic rings. The number of nitrogens with zero attached hydrogens (tertiary/aromatic N) is 3. The lowest BCUT2D eigenvalue weighted by atomic mass is 10.0. The minimum atomic E-state index is -0.874. The van der Waals surface area contributed by atoms with Gasteiger partial charge in [0.2, 0.25) is 5.89 Å². The summed E-state index contributed by atoms with van der Waals surface area (Å²) in [4.78, 5) is 27.4. The van der Waals surface area contributed by atoms with E-state index in [2.05, 4.69) is 15.5 Å². The van der Waals surface area contributed by atoms with Gasteiger partial charge < -0.3 is 19.8 Å². The molecule has 0 saturated carbocycles. The topological polar surface area (TPSA) is 109 Å². The van der Waals surface area contributed by atoms with Crippen LogP contribution in [0, 0.1) is 12.8 Å². The number of aryl methyl sites for hydroxylation is 1. The van der Waals surface area contributed by atoms with Gasteiger partial charge in [0.05, 0.1) is 12.5 Å². The Morgan fingerprint density at radius 1 is 1.59 bits per heavy atom. The summed E-state index contributed by atoms with van der Waals surface area (Å²) in [6.45, 7) is 2.31. The molecular formula is C9H12N4O4. The maximum absolute atomic E-state index is 11.5. The lowest BCUT2D eigenvalue weighted by Crippen LogP contribution is -2.56. The monoisotopic (exact) mass is 240 g/mol. The molecule has 0 unspecified atom stereocenters. The van der Waals surface area contributed by atoms with Gasteiger partial charge in [0.1, 0.15) is 0 Å². The van der Waals surface area contributed by atoms with E-state index in [-0.39, 0.29) is 25.7 Å². The molecule has 0 bridgehead atoms. The number of aliphatic carboxylic acids is 1. The summed E-state index contributed by atoms with van der Waals surface area (Å²) in [6.07, 6.45) is 0. The lowest BCUT2D eigenvalue weighted by molar-refractivity contribution is -0.146. The van der Waals surface area contributed by atoms with Crippen molar-refractivity contribution in [3.8, 4) is 0 Å². The molecule has 17 heavy (non-hydrogen) atoms. The Hall–Kier alpha value is -2.12. The van der Waals surface area contributed by atoms with Crippen molar-refractivity contribution in [2.24, 2.45) is 5.92 Å². The summed E-state index contributed by atoms with van der Waals surface area (Å²) < 4.78 is 4.82. The molecule has 1 aliphatic heterocycles. The molecular weight excluding hydrogens is 228 g/mol. The molecule has 0 aromatic carbocycles. The van der Waals surface area contributed by atoms with Gasteiger partial charge >= 0.3 is 12.0 Å². The van der Waals surface area contributed by atoms with Crippen molar-refractivity contribution in [3.05, 3.63) is 11.7 Å². The van der Waals surface area contributed by atoms with Crippen molar-refractivity contribution < 1.29 is 19.2 Å². The second kappa shape index (κ2) is 4.40. The molecule has 1 saturated heterocycles. The van der Waals surface area contributed by atoms with E-state index in [4.69, 9.17) is 9.63 Å². The number of carboxylic acid groups (broad SMARTS) is 1. The Balaban J connectivity index is 1.74. The fraction of sp³-hybridized carbons (Fsp3) is 0.556. The maximum Gasteiger partial charge on any atom is 0.317 e. The quantitative estimate of drug-likeness (QED) is 0.744. The van der Waals surface area contributed by atoms with Crippen LogP contribution in [0.2, 0.25) is 0 Å². The van der Waals surface area contributed by atoms with Gasteiger partial charge in [0, 0.05) is 13.1 Å². The Kier molecular flexibility index (Phi) is 2.94. The fourth-order valence-electron chi connectivity index (χ4n) is 1.48. The number of amides is 2. The largest absolute Gasteiger partial charge is 0.481 e. The van der Waals surface area contributed by atoms with E-state index in [9.17, 15) is 9.59 Å². The summed E-state index contributed by atoms with van der Waals surface area (Å²) >= 11 is 0. The number of likely N-dealkylation sites (tertiary alicyclic amines) is 1. The first-order chi connectivity index (χ1) is 8.06.